The minimum Gasteiger partial charge on any atom is -0.477 e. The smallest absolute Gasteiger partial charge is 0.351 e. The number of carbonyl (C=O) groups is 2. The van der Waals surface area contributed by atoms with Gasteiger partial charge in [0, 0.05) is 11.6 Å². The van der Waals surface area contributed by atoms with Gasteiger partial charge >= 0.3 is 5.97 Å². The third-order valence-electron chi connectivity index (χ3n) is 1.67. The number of hydrogen-bond acceptors (Lipinski definition) is 3. The van der Waals surface area contributed by atoms with E-state index in [1.807, 2.05) is 0 Å². The van der Waals surface area contributed by atoms with Gasteiger partial charge in [0.1, 0.15) is 5.70 Å². The van der Waals surface area contributed by atoms with Crippen LogP contribution in [0.2, 0.25) is 5.02 Å². The summed E-state index contributed by atoms with van der Waals surface area (Å²) in [4.78, 5) is 21.8. The summed E-state index contributed by atoms with van der Waals surface area (Å²) in [6, 6.07) is 6.34. The number of carbonyl (C=O) groups excluding carboxylic acids is 1. The molecule has 0 atom stereocenters. The zero-order valence-electron chi connectivity index (χ0n) is 7.61. The van der Waals surface area contributed by atoms with Crippen molar-refractivity contribution in [2.45, 2.75) is 0 Å². The Balaban J connectivity index is 3.02. The summed E-state index contributed by atoms with van der Waals surface area (Å²) in [6.45, 7) is 0. The Kier molecular flexibility index (Phi) is 3.46. The third-order valence-corrected chi connectivity index (χ3v) is 2.00. The lowest BCUT2D eigenvalue weighted by Crippen LogP contribution is -2.12. The van der Waals surface area contributed by atoms with Gasteiger partial charge in [-0.25, -0.2) is 4.79 Å². The van der Waals surface area contributed by atoms with Gasteiger partial charge in [-0.2, -0.15) is 0 Å². The van der Waals surface area contributed by atoms with E-state index in [1.54, 1.807) is 18.2 Å². The van der Waals surface area contributed by atoms with Gasteiger partial charge in [-0.3, -0.25) is 4.79 Å². The van der Waals surface area contributed by atoms with Gasteiger partial charge in [-0.15, -0.1) is 0 Å². The first-order chi connectivity index (χ1) is 7.02. The molecule has 5 heteroatoms. The lowest BCUT2D eigenvalue weighted by molar-refractivity contribution is -0.132. The Morgan fingerprint density at radius 3 is 2.47 bits per heavy atom. The van der Waals surface area contributed by atoms with Crippen LogP contribution in [0.25, 0.3) is 0 Å². The van der Waals surface area contributed by atoms with Crippen LogP contribution in [0, 0.1) is 0 Å². The summed E-state index contributed by atoms with van der Waals surface area (Å²) >= 11 is 5.74. The second kappa shape index (κ2) is 4.61. The predicted octanol–water partition coefficient (Wildman–Crippen LogP) is 1.45. The summed E-state index contributed by atoms with van der Waals surface area (Å²) in [7, 11) is 0. The van der Waals surface area contributed by atoms with Crippen LogP contribution in [0.3, 0.4) is 0 Å². The van der Waals surface area contributed by atoms with E-state index in [2.05, 4.69) is 0 Å². The minimum atomic E-state index is -1.34. The molecule has 1 aromatic rings. The second-order valence-corrected chi connectivity index (χ2v) is 3.16. The number of ketones is 1. The van der Waals surface area contributed by atoms with E-state index in [4.69, 9.17) is 22.4 Å². The maximum Gasteiger partial charge on any atom is 0.351 e. The molecule has 0 unspecified atom stereocenters. The number of nitrogens with two attached hydrogens (primary N) is 1. The van der Waals surface area contributed by atoms with E-state index in [0.29, 0.717) is 0 Å². The summed E-state index contributed by atoms with van der Waals surface area (Å²) < 4.78 is 0. The molecular weight excluding hydrogens is 218 g/mol. The molecule has 0 saturated heterocycles. The Bertz CT molecular complexity index is 440. The molecule has 1 rings (SSSR count). The van der Waals surface area contributed by atoms with Crippen LogP contribution in [-0.4, -0.2) is 16.9 Å². The number of rotatable bonds is 3. The lowest BCUT2D eigenvalue weighted by Gasteiger charge is -1.99. The zero-order valence-corrected chi connectivity index (χ0v) is 8.36. The SMILES string of the molecule is N/C(=C\C(=O)c1ccccc1Cl)C(=O)O. The molecule has 0 aromatic heterocycles. The van der Waals surface area contributed by atoms with Gasteiger partial charge in [0.05, 0.1) is 5.02 Å². The van der Waals surface area contributed by atoms with Crippen LogP contribution in [0.15, 0.2) is 36.0 Å². The number of halogens is 1. The van der Waals surface area contributed by atoms with Gasteiger partial charge in [-0.05, 0) is 12.1 Å². The number of aliphatic carboxylic acids is 1. The molecule has 0 aliphatic rings. The molecule has 0 aliphatic carbocycles. The van der Waals surface area contributed by atoms with Crippen LogP contribution in [-0.2, 0) is 4.79 Å². The molecule has 0 radical (unpaired) electrons. The van der Waals surface area contributed by atoms with E-state index in [1.165, 1.54) is 6.07 Å². The van der Waals surface area contributed by atoms with Gasteiger partial charge in [0.25, 0.3) is 0 Å². The molecule has 0 bridgehead atoms. The molecule has 0 spiro atoms. The molecule has 3 N–H and O–H groups in total. The Hall–Kier alpha value is -1.81. The van der Waals surface area contributed by atoms with Crippen LogP contribution in [0.5, 0.6) is 0 Å². The number of carboxylic acids is 1. The highest BCUT2D eigenvalue weighted by atomic mass is 35.5. The van der Waals surface area contributed by atoms with Crippen molar-refractivity contribution in [3.8, 4) is 0 Å². The Morgan fingerprint density at radius 2 is 1.93 bits per heavy atom. The quantitative estimate of drug-likeness (QED) is 0.603. The molecule has 0 fully saturated rings. The van der Waals surface area contributed by atoms with E-state index in [0.717, 1.165) is 6.08 Å². The first-order valence-electron chi connectivity index (χ1n) is 4.01. The first kappa shape index (κ1) is 11.3. The van der Waals surface area contributed by atoms with E-state index < -0.39 is 17.4 Å². The van der Waals surface area contributed by atoms with Crippen molar-refractivity contribution in [3.05, 3.63) is 46.6 Å². The van der Waals surface area contributed by atoms with Crippen molar-refractivity contribution in [2.75, 3.05) is 0 Å². The van der Waals surface area contributed by atoms with Gasteiger partial charge < -0.3 is 10.8 Å². The number of benzene rings is 1. The zero-order chi connectivity index (χ0) is 11.4. The van der Waals surface area contributed by atoms with Crippen molar-refractivity contribution < 1.29 is 14.7 Å². The van der Waals surface area contributed by atoms with Crippen molar-refractivity contribution in [1.29, 1.82) is 0 Å². The van der Waals surface area contributed by atoms with Crippen LogP contribution in [0.4, 0.5) is 0 Å². The fourth-order valence-electron chi connectivity index (χ4n) is 0.942. The number of allylic oxidation sites excluding steroid dienone is 1. The Morgan fingerprint density at radius 1 is 1.33 bits per heavy atom. The van der Waals surface area contributed by atoms with E-state index in [9.17, 15) is 9.59 Å². The molecule has 0 aliphatic heterocycles. The fourth-order valence-corrected chi connectivity index (χ4v) is 1.17. The topological polar surface area (TPSA) is 80.4 Å². The average Bonchev–Trinajstić information content (AvgIpc) is 2.18. The van der Waals surface area contributed by atoms with E-state index in [-0.39, 0.29) is 10.6 Å². The molecule has 4 nitrogen and oxygen atoms in total. The molecule has 1 aromatic carbocycles. The highest BCUT2D eigenvalue weighted by Crippen LogP contribution is 2.15. The highest BCUT2D eigenvalue weighted by Gasteiger charge is 2.10. The summed E-state index contributed by atoms with van der Waals surface area (Å²) in [5, 5.41) is 8.73. The molecule has 0 amide bonds. The summed E-state index contributed by atoms with van der Waals surface area (Å²) in [5.41, 5.74) is 4.81. The predicted molar refractivity (Wildman–Crippen MR) is 55.7 cm³/mol. The Labute approximate surface area is 91.0 Å². The fraction of sp³-hybridized carbons (Fsp3) is 0. The second-order valence-electron chi connectivity index (χ2n) is 2.75. The number of carboxylic acid groups (broad SMARTS) is 1. The average molecular weight is 226 g/mol. The molecular formula is C10H8ClNO3. The standard InChI is InChI=1S/C10H8ClNO3/c11-7-4-2-1-3-6(7)9(13)5-8(12)10(14)15/h1-5H,12H2,(H,14,15)/b8-5-. The molecule has 0 heterocycles. The minimum absolute atomic E-state index is 0.225. The maximum atomic E-state index is 11.5. The van der Waals surface area contributed by atoms with Gasteiger partial charge in [0.15, 0.2) is 5.78 Å². The normalized spacial score (nSPS) is 11.1. The largest absolute Gasteiger partial charge is 0.477 e. The van der Waals surface area contributed by atoms with Crippen molar-refractivity contribution in [1.82, 2.24) is 0 Å². The van der Waals surface area contributed by atoms with Crippen LogP contribution < -0.4 is 5.73 Å². The van der Waals surface area contributed by atoms with Crippen LogP contribution in [0.1, 0.15) is 10.4 Å². The van der Waals surface area contributed by atoms with Gasteiger partial charge in [0.2, 0.25) is 0 Å². The van der Waals surface area contributed by atoms with E-state index >= 15 is 0 Å². The molecule has 15 heavy (non-hydrogen) atoms. The number of hydrogen-bond donors (Lipinski definition) is 2. The summed E-state index contributed by atoms with van der Waals surface area (Å²) in [5.74, 6) is -1.86. The third kappa shape index (κ3) is 2.82. The lowest BCUT2D eigenvalue weighted by atomic mass is 10.1. The maximum absolute atomic E-state index is 11.5. The van der Waals surface area contributed by atoms with Crippen molar-refractivity contribution in [2.24, 2.45) is 5.73 Å². The summed E-state index contributed by atoms with van der Waals surface area (Å²) in [6.07, 6.45) is 0.837. The van der Waals surface area contributed by atoms with Crippen molar-refractivity contribution >= 4 is 23.4 Å². The monoisotopic (exact) mass is 225 g/mol. The van der Waals surface area contributed by atoms with Crippen molar-refractivity contribution in [3.63, 3.8) is 0 Å². The van der Waals surface area contributed by atoms with Gasteiger partial charge in [-0.1, -0.05) is 23.7 Å². The van der Waals surface area contributed by atoms with Crippen LogP contribution >= 0.6 is 11.6 Å². The first-order valence-corrected chi connectivity index (χ1v) is 4.39. The molecule has 78 valence electrons. The highest BCUT2D eigenvalue weighted by molar-refractivity contribution is 6.34. The molecule has 0 saturated carbocycles.